The molecule has 0 saturated heterocycles. The normalized spacial score (nSPS) is 10.5. The van der Waals surface area contributed by atoms with Crippen molar-refractivity contribution >= 4 is 11.7 Å². The first kappa shape index (κ1) is 18.2. The third-order valence-electron chi connectivity index (χ3n) is 3.99. The molecule has 0 unspecified atom stereocenters. The molecule has 0 saturated carbocycles. The molecule has 1 N–H and O–H groups in total. The van der Waals surface area contributed by atoms with Crippen molar-refractivity contribution < 1.29 is 9.53 Å². The highest BCUT2D eigenvalue weighted by Gasteiger charge is 2.18. The fourth-order valence-electron chi connectivity index (χ4n) is 2.56. The summed E-state index contributed by atoms with van der Waals surface area (Å²) in [6, 6.07) is 5.08. The Morgan fingerprint density at radius 3 is 2.70 bits per heavy atom. The van der Waals surface area contributed by atoms with Crippen molar-refractivity contribution in [3.8, 4) is 5.75 Å². The van der Waals surface area contributed by atoms with Gasteiger partial charge in [-0.3, -0.25) is 19.6 Å². The van der Waals surface area contributed by atoms with Gasteiger partial charge >= 0.3 is 0 Å². The molecule has 3 rings (SSSR count). The first-order chi connectivity index (χ1) is 13.0. The molecule has 138 valence electrons. The van der Waals surface area contributed by atoms with Gasteiger partial charge in [-0.25, -0.2) is 4.98 Å². The van der Waals surface area contributed by atoms with Crippen molar-refractivity contribution in [2.24, 2.45) is 0 Å². The number of rotatable bonds is 5. The van der Waals surface area contributed by atoms with Gasteiger partial charge in [0.1, 0.15) is 5.56 Å². The third-order valence-corrected chi connectivity index (χ3v) is 3.99. The lowest BCUT2D eigenvalue weighted by atomic mass is 10.1. The number of carbonyl (C=O) groups excluding carboxylic acids is 1. The van der Waals surface area contributed by atoms with Crippen LogP contribution >= 0.6 is 0 Å². The second kappa shape index (κ2) is 7.77. The third kappa shape index (κ3) is 4.00. The molecule has 1 amide bonds. The van der Waals surface area contributed by atoms with E-state index in [4.69, 9.17) is 4.74 Å². The summed E-state index contributed by atoms with van der Waals surface area (Å²) in [4.78, 5) is 38.1. The fraction of sp³-hybridized carbons (Fsp3) is 0.211. The lowest BCUT2D eigenvalue weighted by Crippen LogP contribution is -2.31. The van der Waals surface area contributed by atoms with E-state index in [1.807, 2.05) is 6.92 Å². The average Bonchev–Trinajstić information content (AvgIpc) is 2.66. The number of pyridine rings is 2. The van der Waals surface area contributed by atoms with Crippen molar-refractivity contribution in [1.29, 1.82) is 0 Å². The molecule has 0 spiro atoms. The van der Waals surface area contributed by atoms with Crippen molar-refractivity contribution in [1.82, 2.24) is 19.5 Å². The number of nitrogens with zero attached hydrogens (tertiary/aromatic N) is 4. The molecule has 0 bridgehead atoms. The molecule has 27 heavy (non-hydrogen) atoms. The van der Waals surface area contributed by atoms with E-state index in [0.29, 0.717) is 17.0 Å². The molecule has 0 aliphatic heterocycles. The first-order valence-electron chi connectivity index (χ1n) is 8.27. The van der Waals surface area contributed by atoms with Gasteiger partial charge in [-0.2, -0.15) is 0 Å². The molecular formula is C19H19N5O3. The Morgan fingerprint density at radius 2 is 2.00 bits per heavy atom. The summed E-state index contributed by atoms with van der Waals surface area (Å²) in [6.07, 6.45) is 6.41. The maximum absolute atomic E-state index is 12.8. The molecule has 0 aliphatic rings. The highest BCUT2D eigenvalue weighted by molar-refractivity contribution is 6.05. The number of hydrogen-bond acceptors (Lipinski definition) is 6. The van der Waals surface area contributed by atoms with E-state index in [1.54, 1.807) is 43.7 Å². The second-order valence-corrected chi connectivity index (χ2v) is 5.96. The van der Waals surface area contributed by atoms with Gasteiger partial charge in [-0.15, -0.1) is 0 Å². The quantitative estimate of drug-likeness (QED) is 0.742. The first-order valence-corrected chi connectivity index (χ1v) is 8.27. The van der Waals surface area contributed by atoms with Crippen molar-refractivity contribution in [2.45, 2.75) is 20.4 Å². The monoisotopic (exact) mass is 365 g/mol. The van der Waals surface area contributed by atoms with Crippen LogP contribution in [0.25, 0.3) is 0 Å². The molecule has 0 aliphatic carbocycles. The molecule has 3 aromatic heterocycles. The van der Waals surface area contributed by atoms with E-state index in [2.05, 4.69) is 20.3 Å². The number of nitrogens with one attached hydrogen (secondary N) is 1. The summed E-state index contributed by atoms with van der Waals surface area (Å²) in [5.74, 6) is 0.122. The molecule has 0 aromatic carbocycles. The summed E-state index contributed by atoms with van der Waals surface area (Å²) < 4.78 is 6.61. The Kier molecular flexibility index (Phi) is 5.25. The SMILES string of the molecule is COc1cccnc1NC(=O)c1c(C)ccn(Cc2cnc(C)cn2)c1=O. The van der Waals surface area contributed by atoms with Gasteiger partial charge < -0.3 is 14.6 Å². The molecule has 0 fully saturated rings. The number of hydrogen-bond donors (Lipinski definition) is 1. The summed E-state index contributed by atoms with van der Waals surface area (Å²) in [5.41, 5.74) is 1.62. The minimum absolute atomic E-state index is 0.0466. The van der Waals surface area contributed by atoms with E-state index in [1.165, 1.54) is 17.9 Å². The van der Waals surface area contributed by atoms with E-state index in [0.717, 1.165) is 5.69 Å². The molecule has 8 nitrogen and oxygen atoms in total. The van der Waals surface area contributed by atoms with Gasteiger partial charge in [-0.1, -0.05) is 0 Å². The van der Waals surface area contributed by atoms with Gasteiger partial charge in [0.2, 0.25) is 0 Å². The van der Waals surface area contributed by atoms with Crippen molar-refractivity contribution in [3.63, 3.8) is 0 Å². The highest BCUT2D eigenvalue weighted by atomic mass is 16.5. The number of amides is 1. The number of aromatic nitrogens is 4. The fourth-order valence-corrected chi connectivity index (χ4v) is 2.56. The lowest BCUT2D eigenvalue weighted by molar-refractivity contribution is 0.102. The zero-order valence-electron chi connectivity index (χ0n) is 15.3. The number of methoxy groups -OCH3 is 1. The summed E-state index contributed by atoms with van der Waals surface area (Å²) in [7, 11) is 1.48. The highest BCUT2D eigenvalue weighted by Crippen LogP contribution is 2.20. The molecule has 0 atom stereocenters. The Balaban J connectivity index is 1.92. The zero-order chi connectivity index (χ0) is 19.4. The van der Waals surface area contributed by atoms with E-state index in [9.17, 15) is 9.59 Å². The number of aryl methyl sites for hydroxylation is 2. The maximum Gasteiger partial charge on any atom is 0.264 e. The van der Waals surface area contributed by atoms with Crippen LogP contribution in [0.15, 0.2) is 47.8 Å². The van der Waals surface area contributed by atoms with E-state index < -0.39 is 11.5 Å². The van der Waals surface area contributed by atoms with Gasteiger partial charge in [-0.05, 0) is 37.6 Å². The molecule has 3 aromatic rings. The standard InChI is InChI=1S/C19H19N5O3/c1-12-6-8-24(11-14-10-21-13(2)9-22-14)19(26)16(12)18(25)23-17-15(27-3)5-4-7-20-17/h4-10H,11H2,1-3H3,(H,20,23,25). The second-order valence-electron chi connectivity index (χ2n) is 5.96. The minimum atomic E-state index is -0.543. The molecule has 0 radical (unpaired) electrons. The summed E-state index contributed by atoms with van der Waals surface area (Å²) >= 11 is 0. The lowest BCUT2D eigenvalue weighted by Gasteiger charge is -2.12. The van der Waals surface area contributed by atoms with Crippen molar-refractivity contribution in [2.75, 3.05) is 12.4 Å². The zero-order valence-corrected chi connectivity index (χ0v) is 15.3. The van der Waals surface area contributed by atoms with Crippen LogP contribution in [-0.2, 0) is 6.54 Å². The van der Waals surface area contributed by atoms with Gasteiger partial charge in [0.25, 0.3) is 11.5 Å². The Bertz CT molecular complexity index is 1030. The van der Waals surface area contributed by atoms with Crippen LogP contribution in [-0.4, -0.2) is 32.5 Å². The van der Waals surface area contributed by atoms with Gasteiger partial charge in [0.05, 0.1) is 31.2 Å². The van der Waals surface area contributed by atoms with Crippen LogP contribution in [0.5, 0.6) is 5.75 Å². The van der Waals surface area contributed by atoms with Gasteiger partial charge in [0.15, 0.2) is 11.6 Å². The van der Waals surface area contributed by atoms with Crippen LogP contribution in [0.2, 0.25) is 0 Å². The van der Waals surface area contributed by atoms with E-state index in [-0.39, 0.29) is 17.9 Å². The molecule has 3 heterocycles. The van der Waals surface area contributed by atoms with Crippen LogP contribution in [0.1, 0.15) is 27.3 Å². The predicted molar refractivity (Wildman–Crippen MR) is 100 cm³/mol. The number of anilines is 1. The van der Waals surface area contributed by atoms with Crippen LogP contribution in [0, 0.1) is 13.8 Å². The predicted octanol–water partition coefficient (Wildman–Crippen LogP) is 1.96. The number of ether oxygens (including phenoxy) is 1. The topological polar surface area (TPSA) is 99.0 Å². The Hall–Kier alpha value is -3.55. The minimum Gasteiger partial charge on any atom is -0.493 e. The van der Waals surface area contributed by atoms with Crippen LogP contribution < -0.4 is 15.6 Å². The maximum atomic E-state index is 12.8. The molecule has 8 heteroatoms. The average molecular weight is 365 g/mol. The summed E-state index contributed by atoms with van der Waals surface area (Å²) in [5, 5.41) is 2.64. The Labute approximate surface area is 155 Å². The summed E-state index contributed by atoms with van der Waals surface area (Å²) in [6.45, 7) is 3.77. The molecular weight excluding hydrogens is 346 g/mol. The van der Waals surface area contributed by atoms with Crippen molar-refractivity contribution in [3.05, 3.63) is 75.9 Å². The Morgan fingerprint density at radius 1 is 1.19 bits per heavy atom. The van der Waals surface area contributed by atoms with E-state index >= 15 is 0 Å². The van der Waals surface area contributed by atoms with Gasteiger partial charge in [0, 0.05) is 18.6 Å². The smallest absolute Gasteiger partial charge is 0.264 e. The van der Waals surface area contributed by atoms with Crippen LogP contribution in [0.4, 0.5) is 5.82 Å². The van der Waals surface area contributed by atoms with Crippen LogP contribution in [0.3, 0.4) is 0 Å². The number of carbonyl (C=O) groups is 1. The largest absolute Gasteiger partial charge is 0.493 e.